The summed E-state index contributed by atoms with van der Waals surface area (Å²) in [6, 6.07) is 19.3. The third kappa shape index (κ3) is 6.38. The minimum atomic E-state index is -1.79. The van der Waals surface area contributed by atoms with Crippen molar-refractivity contribution in [3.63, 3.8) is 0 Å². The number of phenols is 1. The van der Waals surface area contributed by atoms with Gasteiger partial charge in [0.1, 0.15) is 17.4 Å². The molecule has 2 fully saturated rings. The highest BCUT2D eigenvalue weighted by Crippen LogP contribution is 2.50. The van der Waals surface area contributed by atoms with Crippen molar-refractivity contribution in [1.82, 2.24) is 15.2 Å². The number of carbonyl (C=O) groups is 1. The molecule has 0 spiro atoms. The zero-order valence-corrected chi connectivity index (χ0v) is 29.0. The second-order valence-electron chi connectivity index (χ2n) is 12.9. The molecule has 0 aliphatic heterocycles. The quantitative estimate of drug-likeness (QED) is 0.0817. The molecule has 2 saturated carbocycles. The smallest absolute Gasteiger partial charge is 0.349 e. The zero-order valence-electron chi connectivity index (χ0n) is 26.5. The lowest BCUT2D eigenvalue weighted by molar-refractivity contribution is -0.170. The van der Waals surface area contributed by atoms with Crippen LogP contribution in [0.4, 0.5) is 0 Å². The van der Waals surface area contributed by atoms with Crippen molar-refractivity contribution in [2.45, 2.75) is 56.1 Å². The normalized spacial score (nSPS) is 21.3. The average molecular weight is 706 g/mol. The fraction of sp³-hybridized carbons (Fsp3) is 0.389. The summed E-state index contributed by atoms with van der Waals surface area (Å²) in [7, 11) is 2.15. The van der Waals surface area contributed by atoms with Gasteiger partial charge >= 0.3 is 10.8 Å². The fourth-order valence-corrected chi connectivity index (χ4v) is 10.2. The predicted octanol–water partition coefficient (Wildman–Crippen LogP) is 5.36. The Labute approximate surface area is 290 Å². The molecule has 0 amide bonds. The number of phenolic OH excluding ortho intramolecular Hbond substituents is 1. The summed E-state index contributed by atoms with van der Waals surface area (Å²) in [4.78, 5) is 31.4. The van der Waals surface area contributed by atoms with E-state index in [0.717, 1.165) is 43.6 Å². The van der Waals surface area contributed by atoms with Gasteiger partial charge in [0.05, 0.1) is 20.6 Å². The fourth-order valence-electron chi connectivity index (χ4n) is 7.60. The van der Waals surface area contributed by atoms with Crippen molar-refractivity contribution >= 4 is 50.2 Å². The Bertz CT molecular complexity index is 1890. The molecule has 2 bridgehead atoms. The maximum Gasteiger partial charge on any atom is 0.349 e. The van der Waals surface area contributed by atoms with E-state index in [0.29, 0.717) is 38.6 Å². The monoisotopic (exact) mass is 705 g/mol. The van der Waals surface area contributed by atoms with Crippen molar-refractivity contribution in [2.24, 2.45) is 11.8 Å². The Morgan fingerprint density at radius 3 is 2.56 bits per heavy atom. The first-order valence-electron chi connectivity index (χ1n) is 16.2. The molecule has 9 nitrogen and oxygen atoms in total. The lowest BCUT2D eigenvalue weighted by Gasteiger charge is -2.32. The number of ether oxygens (including phenoxy) is 1. The minimum Gasteiger partial charge on any atom is -0.506 e. The molecule has 0 saturated heterocycles. The first-order valence-corrected chi connectivity index (χ1v) is 18.8. The van der Waals surface area contributed by atoms with Gasteiger partial charge in [0.2, 0.25) is 5.60 Å². The second-order valence-corrected chi connectivity index (χ2v) is 15.8. The molecule has 7 rings (SSSR count). The third-order valence-electron chi connectivity index (χ3n) is 9.95. The lowest BCUT2D eigenvalue weighted by Crippen LogP contribution is -2.41. The lowest BCUT2D eigenvalue weighted by atomic mass is 9.94. The summed E-state index contributed by atoms with van der Waals surface area (Å²) >= 11 is 3.71. The highest BCUT2D eigenvalue weighted by atomic mass is 32.1. The first-order chi connectivity index (χ1) is 23.2. The molecule has 3 aromatic heterocycles. The van der Waals surface area contributed by atoms with Gasteiger partial charge in [-0.2, -0.15) is 0 Å². The van der Waals surface area contributed by atoms with Gasteiger partial charge in [-0.25, -0.2) is 4.79 Å². The van der Waals surface area contributed by atoms with E-state index in [9.17, 15) is 24.9 Å². The number of thiazole rings is 1. The minimum absolute atomic E-state index is 0.00566. The van der Waals surface area contributed by atoms with Crippen LogP contribution in [0.15, 0.2) is 76.2 Å². The van der Waals surface area contributed by atoms with Crippen LogP contribution in [0.5, 0.6) is 5.75 Å². The van der Waals surface area contributed by atoms with E-state index in [2.05, 4.69) is 46.5 Å². The number of esters is 1. The summed E-state index contributed by atoms with van der Waals surface area (Å²) in [6.07, 6.45) is 2.77. The molecular weight excluding hydrogens is 667 g/mol. The van der Waals surface area contributed by atoms with Crippen LogP contribution in [0.1, 0.15) is 51.8 Å². The van der Waals surface area contributed by atoms with Crippen LogP contribution in [0, 0.1) is 11.8 Å². The molecule has 5 atom stereocenters. The van der Waals surface area contributed by atoms with Gasteiger partial charge in [0, 0.05) is 30.6 Å². The third-order valence-corrected chi connectivity index (χ3v) is 12.8. The van der Waals surface area contributed by atoms with Gasteiger partial charge < -0.3 is 30.4 Å². The number of aliphatic hydroxyl groups excluding tert-OH is 1. The molecule has 3 heterocycles. The molecule has 5 aromatic rings. The van der Waals surface area contributed by atoms with Crippen LogP contribution >= 0.6 is 34.0 Å². The average Bonchev–Trinajstić information content (AvgIpc) is 3.93. The van der Waals surface area contributed by atoms with E-state index in [-0.39, 0.29) is 34.6 Å². The van der Waals surface area contributed by atoms with E-state index < -0.39 is 17.7 Å². The Kier molecular flexibility index (Phi) is 9.58. The van der Waals surface area contributed by atoms with Crippen LogP contribution in [0.25, 0.3) is 10.2 Å². The van der Waals surface area contributed by atoms with Crippen molar-refractivity contribution in [3.05, 3.63) is 108 Å². The number of hydrogen-bond donors (Lipinski definition) is 5. The summed E-state index contributed by atoms with van der Waals surface area (Å²) in [5, 5.41) is 39.7. The number of nitrogens with zero attached hydrogens (tertiary/aromatic N) is 1. The number of aromatic hydroxyl groups is 1. The summed E-state index contributed by atoms with van der Waals surface area (Å²) in [6.45, 7) is 1.77. The van der Waals surface area contributed by atoms with E-state index in [4.69, 9.17) is 4.74 Å². The molecular formula is C36H39N3O6S3. The number of carbonyl (C=O) groups excluding carboxylic acids is 1. The van der Waals surface area contributed by atoms with Gasteiger partial charge in [-0.3, -0.25) is 9.69 Å². The maximum atomic E-state index is 13.7. The molecule has 0 unspecified atom stereocenters. The van der Waals surface area contributed by atoms with Crippen LogP contribution in [0.2, 0.25) is 0 Å². The number of aliphatic hydroxyl groups is 2. The SMILES string of the molecule is CN(Cc1cccc(CCNC[C@H](O)c2ccc(O)c3[nH]c(=O)sc23)c1)[C@H]1C[C@H]2CC[C@@H]1[C@@H]2OC(=O)C(O)(c1cccs1)c1cccs1. The molecule has 5 N–H and O–H groups in total. The molecule has 2 aromatic carbocycles. The number of H-pyrrole nitrogens is 1. The van der Waals surface area contributed by atoms with Crippen LogP contribution < -0.4 is 10.2 Å². The van der Waals surface area contributed by atoms with E-state index in [1.807, 2.05) is 22.9 Å². The Morgan fingerprint density at radius 1 is 1.08 bits per heavy atom. The summed E-state index contributed by atoms with van der Waals surface area (Å²) < 4.78 is 6.81. The second kappa shape index (κ2) is 13.9. The van der Waals surface area contributed by atoms with E-state index in [1.54, 1.807) is 18.2 Å². The first kappa shape index (κ1) is 33.2. The van der Waals surface area contributed by atoms with Crippen molar-refractivity contribution < 1.29 is 24.9 Å². The predicted molar refractivity (Wildman–Crippen MR) is 190 cm³/mol. The van der Waals surface area contributed by atoms with Gasteiger partial charge in [0.25, 0.3) is 0 Å². The number of nitrogens with one attached hydrogen (secondary N) is 2. The topological polar surface area (TPSA) is 135 Å². The van der Waals surface area contributed by atoms with Crippen LogP contribution in [-0.4, -0.2) is 63.5 Å². The number of hydrogen-bond acceptors (Lipinski definition) is 11. The molecule has 48 heavy (non-hydrogen) atoms. The molecule has 0 radical (unpaired) electrons. The Balaban J connectivity index is 0.936. The van der Waals surface area contributed by atoms with E-state index in [1.165, 1.54) is 39.9 Å². The van der Waals surface area contributed by atoms with Gasteiger partial charge in [-0.15, -0.1) is 22.7 Å². The number of aromatic amines is 1. The van der Waals surface area contributed by atoms with Crippen molar-refractivity contribution in [3.8, 4) is 5.75 Å². The van der Waals surface area contributed by atoms with Crippen molar-refractivity contribution in [2.75, 3.05) is 20.1 Å². The number of fused-ring (bicyclic) bond motifs is 3. The number of thiophene rings is 2. The Morgan fingerprint density at radius 2 is 1.83 bits per heavy atom. The standard InChI is InChI=1S/C36H39N3O6S3/c1-39(26-18-23-9-10-24(26)32(23)45-34(42)36(44,29-7-3-15-46-29)30-8-4-16-47-30)20-22-6-2-5-21(17-22)13-14-37-19-28(41)25-11-12-27(40)31-33(25)48-35(43)38-31/h2-8,11-12,15-17,23-24,26,28,32,37,40-41,44H,9-10,13-14,18-20H2,1H3,(H,38,43)/t23-,24+,26+,28+,32-/m1/s1. The van der Waals surface area contributed by atoms with Crippen molar-refractivity contribution in [1.29, 1.82) is 0 Å². The zero-order chi connectivity index (χ0) is 33.4. The van der Waals surface area contributed by atoms with E-state index >= 15 is 0 Å². The summed E-state index contributed by atoms with van der Waals surface area (Å²) in [5.41, 5.74) is 1.59. The number of benzene rings is 2. The number of rotatable bonds is 13. The highest BCUT2D eigenvalue weighted by molar-refractivity contribution is 7.16. The summed E-state index contributed by atoms with van der Waals surface area (Å²) in [5.74, 6) is -0.0767. The molecule has 12 heteroatoms. The van der Waals surface area contributed by atoms with Gasteiger partial charge in [-0.05, 0) is 85.3 Å². The number of aromatic nitrogens is 1. The molecule has 252 valence electrons. The largest absolute Gasteiger partial charge is 0.506 e. The highest BCUT2D eigenvalue weighted by Gasteiger charge is 2.54. The Hall–Kier alpha value is -3.36. The molecule has 2 aliphatic rings. The van der Waals surface area contributed by atoms with Crippen LogP contribution in [0.3, 0.4) is 0 Å². The van der Waals surface area contributed by atoms with Crippen LogP contribution in [-0.2, 0) is 28.1 Å². The van der Waals surface area contributed by atoms with Gasteiger partial charge in [-0.1, -0.05) is 53.8 Å². The molecule has 2 aliphatic carbocycles. The maximum absolute atomic E-state index is 13.7. The van der Waals surface area contributed by atoms with Gasteiger partial charge in [0.15, 0.2) is 0 Å².